The van der Waals surface area contributed by atoms with E-state index >= 15 is 0 Å². The van der Waals surface area contributed by atoms with Gasteiger partial charge in [0.15, 0.2) is 0 Å². The van der Waals surface area contributed by atoms with Crippen LogP contribution in [0.15, 0.2) is 42.0 Å². The number of carbonyl (C=O) groups is 1. The van der Waals surface area contributed by atoms with Gasteiger partial charge in [-0.25, -0.2) is 4.98 Å². The van der Waals surface area contributed by atoms with E-state index in [-0.39, 0.29) is 12.3 Å². The van der Waals surface area contributed by atoms with E-state index in [1.165, 1.54) is 11.3 Å². The fraction of sp³-hybridized carbons (Fsp3) is 0.235. The summed E-state index contributed by atoms with van der Waals surface area (Å²) < 4.78 is 1.78. The van der Waals surface area contributed by atoms with Gasteiger partial charge < -0.3 is 5.32 Å². The Hall–Kier alpha value is -2.18. The molecule has 5 nitrogen and oxygen atoms in total. The molecule has 7 heteroatoms. The number of benzene rings is 1. The van der Waals surface area contributed by atoms with Crippen LogP contribution in [-0.2, 0) is 24.2 Å². The predicted molar refractivity (Wildman–Crippen MR) is 96.6 cm³/mol. The molecule has 0 aliphatic carbocycles. The average molecular weight is 361 g/mol. The summed E-state index contributed by atoms with van der Waals surface area (Å²) in [6.07, 6.45) is 4.63. The fourth-order valence-corrected chi connectivity index (χ4v) is 3.23. The van der Waals surface area contributed by atoms with Gasteiger partial charge in [-0.15, -0.1) is 11.3 Å². The molecule has 1 amide bonds. The lowest BCUT2D eigenvalue weighted by atomic mass is 10.2. The molecule has 0 saturated carbocycles. The zero-order valence-corrected chi connectivity index (χ0v) is 14.8. The maximum absolute atomic E-state index is 12.1. The molecule has 2 aromatic heterocycles. The highest BCUT2D eigenvalue weighted by Crippen LogP contribution is 2.14. The molecule has 3 rings (SSSR count). The number of thiazole rings is 1. The number of aromatic nitrogens is 3. The Morgan fingerprint density at radius 2 is 2.12 bits per heavy atom. The number of aryl methyl sites for hydroxylation is 1. The van der Waals surface area contributed by atoms with Crippen LogP contribution in [0.2, 0.25) is 5.02 Å². The zero-order valence-electron chi connectivity index (χ0n) is 13.2. The van der Waals surface area contributed by atoms with E-state index in [0.717, 1.165) is 22.7 Å². The summed E-state index contributed by atoms with van der Waals surface area (Å²) in [5.74, 6) is -0.0851. The Morgan fingerprint density at radius 3 is 2.83 bits per heavy atom. The lowest BCUT2D eigenvalue weighted by Gasteiger charge is -2.02. The Balaban J connectivity index is 1.57. The lowest BCUT2D eigenvalue weighted by molar-refractivity contribution is -0.115. The highest BCUT2D eigenvalue weighted by molar-refractivity contribution is 7.09. The minimum atomic E-state index is -0.0851. The van der Waals surface area contributed by atoms with Crippen LogP contribution in [0.5, 0.6) is 0 Å². The van der Waals surface area contributed by atoms with Crippen molar-refractivity contribution in [3.63, 3.8) is 0 Å². The molecular formula is C17H17ClN4OS. The number of hydrogen-bond acceptors (Lipinski definition) is 4. The summed E-state index contributed by atoms with van der Waals surface area (Å²) in [6.45, 7) is 2.67. The molecule has 124 valence electrons. The molecule has 2 heterocycles. The third-order valence-electron chi connectivity index (χ3n) is 3.45. The standard InChI is InChI=1S/C17H17ClN4OS/c1-2-14-11-24-17(21-14)7-16(23)20-15-8-19-22(10-15)9-12-3-5-13(18)6-4-12/h3-6,8,10-11H,2,7,9H2,1H3,(H,20,23). The number of nitrogens with one attached hydrogen (secondary N) is 1. The van der Waals surface area contributed by atoms with Crippen LogP contribution in [0.4, 0.5) is 5.69 Å². The average Bonchev–Trinajstić information content (AvgIpc) is 3.19. The van der Waals surface area contributed by atoms with Gasteiger partial charge in [-0.1, -0.05) is 30.7 Å². The van der Waals surface area contributed by atoms with Crippen molar-refractivity contribution < 1.29 is 4.79 Å². The molecule has 0 atom stereocenters. The molecule has 0 radical (unpaired) electrons. The van der Waals surface area contributed by atoms with Gasteiger partial charge in [0.05, 0.1) is 30.5 Å². The van der Waals surface area contributed by atoms with Crippen molar-refractivity contribution in [1.82, 2.24) is 14.8 Å². The fourth-order valence-electron chi connectivity index (χ4n) is 2.23. The number of hydrogen-bond donors (Lipinski definition) is 1. The molecular weight excluding hydrogens is 344 g/mol. The van der Waals surface area contributed by atoms with Crippen LogP contribution in [0.1, 0.15) is 23.2 Å². The lowest BCUT2D eigenvalue weighted by Crippen LogP contribution is -2.14. The van der Waals surface area contributed by atoms with Crippen molar-refractivity contribution in [2.75, 3.05) is 5.32 Å². The van der Waals surface area contributed by atoms with Gasteiger partial charge in [0.2, 0.25) is 5.91 Å². The molecule has 1 N–H and O–H groups in total. The molecule has 0 saturated heterocycles. The topological polar surface area (TPSA) is 59.8 Å². The number of halogens is 1. The van der Waals surface area contributed by atoms with Crippen molar-refractivity contribution in [1.29, 1.82) is 0 Å². The minimum Gasteiger partial charge on any atom is -0.323 e. The SMILES string of the molecule is CCc1csc(CC(=O)Nc2cnn(Cc3ccc(Cl)cc3)c2)n1. The van der Waals surface area contributed by atoms with Gasteiger partial charge in [-0.05, 0) is 24.1 Å². The van der Waals surface area contributed by atoms with Crippen LogP contribution in [0.3, 0.4) is 0 Å². The summed E-state index contributed by atoms with van der Waals surface area (Å²) >= 11 is 7.40. The van der Waals surface area contributed by atoms with E-state index in [4.69, 9.17) is 11.6 Å². The monoisotopic (exact) mass is 360 g/mol. The Bertz CT molecular complexity index is 825. The van der Waals surface area contributed by atoms with Gasteiger partial charge in [0.1, 0.15) is 5.01 Å². The maximum Gasteiger partial charge on any atom is 0.231 e. The van der Waals surface area contributed by atoms with Crippen LogP contribution in [0, 0.1) is 0 Å². The number of anilines is 1. The quantitative estimate of drug-likeness (QED) is 0.727. The molecule has 0 unspecified atom stereocenters. The smallest absolute Gasteiger partial charge is 0.231 e. The van der Waals surface area contributed by atoms with Gasteiger partial charge in [0.25, 0.3) is 0 Å². The molecule has 0 spiro atoms. The molecule has 3 aromatic rings. The highest BCUT2D eigenvalue weighted by atomic mass is 35.5. The van der Waals surface area contributed by atoms with Gasteiger partial charge >= 0.3 is 0 Å². The summed E-state index contributed by atoms with van der Waals surface area (Å²) in [4.78, 5) is 16.5. The van der Waals surface area contributed by atoms with E-state index in [1.54, 1.807) is 10.9 Å². The second-order valence-electron chi connectivity index (χ2n) is 5.36. The largest absolute Gasteiger partial charge is 0.323 e. The molecule has 0 aliphatic rings. The number of amides is 1. The van der Waals surface area contributed by atoms with E-state index in [0.29, 0.717) is 17.3 Å². The molecule has 24 heavy (non-hydrogen) atoms. The van der Waals surface area contributed by atoms with E-state index in [9.17, 15) is 4.79 Å². The first-order valence-corrected chi connectivity index (χ1v) is 8.88. The van der Waals surface area contributed by atoms with Gasteiger partial charge in [-0.2, -0.15) is 5.10 Å². The normalized spacial score (nSPS) is 10.8. The number of carbonyl (C=O) groups excluding carboxylic acids is 1. The third-order valence-corrected chi connectivity index (χ3v) is 4.60. The summed E-state index contributed by atoms with van der Waals surface area (Å²) in [6, 6.07) is 7.61. The second kappa shape index (κ2) is 7.59. The van der Waals surface area contributed by atoms with Crippen LogP contribution in [0.25, 0.3) is 0 Å². The van der Waals surface area contributed by atoms with Gasteiger partial charge in [-0.3, -0.25) is 9.48 Å². The van der Waals surface area contributed by atoms with E-state index in [2.05, 4.69) is 15.4 Å². The first-order chi connectivity index (χ1) is 11.6. The Kier molecular flexibility index (Phi) is 5.27. The number of rotatable bonds is 6. The van der Waals surface area contributed by atoms with Crippen molar-refractivity contribution in [2.24, 2.45) is 0 Å². The first kappa shape index (κ1) is 16.7. The first-order valence-electron chi connectivity index (χ1n) is 7.62. The van der Waals surface area contributed by atoms with Crippen LogP contribution in [-0.4, -0.2) is 20.7 Å². The Labute approximate surface area is 149 Å². The van der Waals surface area contributed by atoms with Crippen molar-refractivity contribution in [2.45, 2.75) is 26.3 Å². The summed E-state index contributed by atoms with van der Waals surface area (Å²) in [5, 5.41) is 10.7. The molecule has 1 aromatic carbocycles. The maximum atomic E-state index is 12.1. The molecule has 0 bridgehead atoms. The summed E-state index contributed by atoms with van der Waals surface area (Å²) in [5.41, 5.74) is 2.80. The third kappa shape index (κ3) is 4.43. The molecule has 0 aliphatic heterocycles. The van der Waals surface area contributed by atoms with Crippen LogP contribution < -0.4 is 5.32 Å². The van der Waals surface area contributed by atoms with Crippen molar-refractivity contribution in [3.05, 3.63) is 63.3 Å². The van der Waals surface area contributed by atoms with E-state index < -0.39 is 0 Å². The van der Waals surface area contributed by atoms with Crippen molar-refractivity contribution in [3.8, 4) is 0 Å². The van der Waals surface area contributed by atoms with E-state index in [1.807, 2.05) is 42.8 Å². The molecule has 0 fully saturated rings. The summed E-state index contributed by atoms with van der Waals surface area (Å²) in [7, 11) is 0. The predicted octanol–water partition coefficient (Wildman–Crippen LogP) is 3.78. The van der Waals surface area contributed by atoms with Crippen molar-refractivity contribution >= 4 is 34.5 Å². The number of nitrogens with zero attached hydrogens (tertiary/aromatic N) is 3. The second-order valence-corrected chi connectivity index (χ2v) is 6.74. The zero-order chi connectivity index (χ0) is 16.9. The minimum absolute atomic E-state index is 0.0851. The Morgan fingerprint density at radius 1 is 1.33 bits per heavy atom. The van der Waals surface area contributed by atoms with Crippen LogP contribution >= 0.6 is 22.9 Å². The highest BCUT2D eigenvalue weighted by Gasteiger charge is 2.09. The van der Waals surface area contributed by atoms with Gasteiger partial charge in [0, 0.05) is 16.6 Å².